The highest BCUT2D eigenvalue weighted by atomic mass is 32.2. The van der Waals surface area contributed by atoms with E-state index in [1.54, 1.807) is 17.0 Å². The van der Waals surface area contributed by atoms with E-state index >= 15 is 0 Å². The number of carbonyl (C=O) groups excluding carboxylic acids is 2. The van der Waals surface area contributed by atoms with Gasteiger partial charge in [-0.3, -0.25) is 14.5 Å². The summed E-state index contributed by atoms with van der Waals surface area (Å²) in [4.78, 5) is 25.7. The third-order valence-electron chi connectivity index (χ3n) is 4.18. The highest BCUT2D eigenvalue weighted by molar-refractivity contribution is 8.27. The maximum absolute atomic E-state index is 12.8. The number of hydrogen-bond donors (Lipinski definition) is 0. The Balaban J connectivity index is 1.79. The fraction of sp³-hybridized carbons (Fsp3) is 0.190. The molecule has 1 fully saturated rings. The van der Waals surface area contributed by atoms with Gasteiger partial charge in [0.1, 0.15) is 6.29 Å². The number of rotatable bonds is 6. The molecule has 0 aromatic heterocycles. The predicted octanol–water partition coefficient (Wildman–Crippen LogP) is 5.25. The highest BCUT2D eigenvalue weighted by Crippen LogP contribution is 2.36. The van der Waals surface area contributed by atoms with Gasteiger partial charge in [-0.05, 0) is 42.2 Å². The van der Waals surface area contributed by atoms with Gasteiger partial charge in [0.2, 0.25) is 0 Å². The fourth-order valence-electron chi connectivity index (χ4n) is 2.71. The Hall–Kier alpha value is -2.24. The summed E-state index contributed by atoms with van der Waals surface area (Å²) in [7, 11) is 0. The number of nitrogens with zero attached hydrogens (tertiary/aromatic N) is 1. The fourth-order valence-corrected chi connectivity index (χ4v) is 4.00. The van der Waals surface area contributed by atoms with Crippen LogP contribution in [0.3, 0.4) is 0 Å². The molecule has 1 aliphatic rings. The van der Waals surface area contributed by atoms with Crippen LogP contribution in [0.2, 0.25) is 0 Å². The molecule has 0 aliphatic carbocycles. The Morgan fingerprint density at radius 3 is 2.31 bits per heavy atom. The molecule has 5 heteroatoms. The van der Waals surface area contributed by atoms with E-state index in [-0.39, 0.29) is 5.91 Å². The first-order chi connectivity index (χ1) is 12.6. The molecule has 3 rings (SSSR count). The van der Waals surface area contributed by atoms with E-state index < -0.39 is 0 Å². The Morgan fingerprint density at radius 1 is 1.04 bits per heavy atom. The van der Waals surface area contributed by atoms with Crippen LogP contribution in [0.5, 0.6) is 0 Å². The molecule has 1 amide bonds. The average molecular weight is 382 g/mol. The molecule has 0 atom stereocenters. The number of anilines is 1. The SMILES string of the molecule is CCCCc1ccc(N2C(=O)/C(=C/c3ccc(C=O)cc3)SC2=S)cc1. The van der Waals surface area contributed by atoms with Gasteiger partial charge in [-0.1, -0.05) is 73.7 Å². The third-order valence-corrected chi connectivity index (χ3v) is 5.48. The van der Waals surface area contributed by atoms with Crippen LogP contribution in [-0.4, -0.2) is 16.5 Å². The molecule has 0 spiro atoms. The van der Waals surface area contributed by atoms with Gasteiger partial charge >= 0.3 is 0 Å². The molecule has 132 valence electrons. The lowest BCUT2D eigenvalue weighted by atomic mass is 10.1. The third kappa shape index (κ3) is 4.11. The van der Waals surface area contributed by atoms with E-state index in [1.807, 2.05) is 30.3 Å². The lowest BCUT2D eigenvalue weighted by Crippen LogP contribution is -2.27. The standard InChI is InChI=1S/C21H19NO2S2/c1-2-3-4-15-9-11-18(12-10-15)22-20(24)19(26-21(22)25)13-16-5-7-17(14-23)8-6-16/h5-14H,2-4H2,1H3/b19-13-. The van der Waals surface area contributed by atoms with E-state index in [0.29, 0.717) is 14.8 Å². The number of unbranched alkanes of at least 4 members (excludes halogenated alkanes) is 1. The van der Waals surface area contributed by atoms with Crippen molar-refractivity contribution in [3.63, 3.8) is 0 Å². The molecule has 1 saturated heterocycles. The van der Waals surface area contributed by atoms with E-state index in [1.165, 1.54) is 17.3 Å². The molecule has 2 aromatic carbocycles. The molecule has 1 aliphatic heterocycles. The molecular formula is C21H19NO2S2. The lowest BCUT2D eigenvalue weighted by Gasteiger charge is -2.15. The minimum absolute atomic E-state index is 0.110. The van der Waals surface area contributed by atoms with Crippen molar-refractivity contribution in [3.8, 4) is 0 Å². The first-order valence-electron chi connectivity index (χ1n) is 8.54. The van der Waals surface area contributed by atoms with Crippen LogP contribution in [-0.2, 0) is 11.2 Å². The number of benzene rings is 2. The number of hydrogen-bond acceptors (Lipinski definition) is 4. The van der Waals surface area contributed by atoms with E-state index in [0.717, 1.165) is 36.8 Å². The van der Waals surface area contributed by atoms with Crippen LogP contribution in [0, 0.1) is 0 Å². The summed E-state index contributed by atoms with van der Waals surface area (Å²) >= 11 is 6.72. The first-order valence-corrected chi connectivity index (χ1v) is 9.77. The van der Waals surface area contributed by atoms with Crippen LogP contribution in [0.25, 0.3) is 6.08 Å². The summed E-state index contributed by atoms with van der Waals surface area (Å²) in [5.74, 6) is -0.110. The molecule has 26 heavy (non-hydrogen) atoms. The van der Waals surface area contributed by atoms with Gasteiger partial charge in [0.15, 0.2) is 4.32 Å². The quantitative estimate of drug-likeness (QED) is 0.389. The summed E-state index contributed by atoms with van der Waals surface area (Å²) < 4.78 is 0.534. The highest BCUT2D eigenvalue weighted by Gasteiger charge is 2.33. The van der Waals surface area contributed by atoms with E-state index in [4.69, 9.17) is 12.2 Å². The summed E-state index contributed by atoms with van der Waals surface area (Å²) in [6, 6.07) is 15.1. The minimum atomic E-state index is -0.110. The number of amides is 1. The second-order valence-corrected chi connectivity index (χ2v) is 7.75. The van der Waals surface area contributed by atoms with Crippen molar-refractivity contribution in [1.82, 2.24) is 0 Å². The van der Waals surface area contributed by atoms with Gasteiger partial charge in [0.25, 0.3) is 5.91 Å². The molecule has 3 nitrogen and oxygen atoms in total. The lowest BCUT2D eigenvalue weighted by molar-refractivity contribution is -0.113. The van der Waals surface area contributed by atoms with Crippen LogP contribution in [0.4, 0.5) is 5.69 Å². The number of carbonyl (C=O) groups is 2. The van der Waals surface area contributed by atoms with Crippen LogP contribution < -0.4 is 4.90 Å². The van der Waals surface area contributed by atoms with Gasteiger partial charge < -0.3 is 0 Å². The van der Waals surface area contributed by atoms with Gasteiger partial charge in [-0.25, -0.2) is 0 Å². The normalized spacial score (nSPS) is 15.7. The Kier molecular flexibility index (Phi) is 6.01. The number of aldehydes is 1. The van der Waals surface area contributed by atoms with Crippen molar-refractivity contribution >= 4 is 52.3 Å². The topological polar surface area (TPSA) is 37.4 Å². The van der Waals surface area contributed by atoms with Crippen molar-refractivity contribution in [2.24, 2.45) is 0 Å². The minimum Gasteiger partial charge on any atom is -0.298 e. The monoisotopic (exact) mass is 381 g/mol. The van der Waals surface area contributed by atoms with Crippen molar-refractivity contribution < 1.29 is 9.59 Å². The van der Waals surface area contributed by atoms with Gasteiger partial charge in [0.05, 0.1) is 10.6 Å². The van der Waals surface area contributed by atoms with Crippen LogP contribution in [0.1, 0.15) is 41.3 Å². The second kappa shape index (κ2) is 8.43. The van der Waals surface area contributed by atoms with Gasteiger partial charge in [0, 0.05) is 5.56 Å². The van der Waals surface area contributed by atoms with Crippen molar-refractivity contribution in [2.75, 3.05) is 4.90 Å². The second-order valence-electron chi connectivity index (χ2n) is 6.07. The number of thiocarbonyl (C=S) groups is 1. The Labute approximate surface area is 163 Å². The number of aryl methyl sites for hydroxylation is 1. The molecule has 0 bridgehead atoms. The van der Waals surface area contributed by atoms with Crippen LogP contribution >= 0.6 is 24.0 Å². The van der Waals surface area contributed by atoms with E-state index in [9.17, 15) is 9.59 Å². The zero-order valence-electron chi connectivity index (χ0n) is 14.5. The largest absolute Gasteiger partial charge is 0.298 e. The summed E-state index contributed by atoms with van der Waals surface area (Å²) in [6.45, 7) is 2.17. The molecule has 0 unspecified atom stereocenters. The Morgan fingerprint density at radius 2 is 1.69 bits per heavy atom. The molecule has 0 radical (unpaired) electrons. The predicted molar refractivity (Wildman–Crippen MR) is 113 cm³/mol. The first kappa shape index (κ1) is 18.5. The average Bonchev–Trinajstić information content (AvgIpc) is 2.94. The molecule has 0 saturated carbocycles. The molecule has 1 heterocycles. The van der Waals surface area contributed by atoms with Gasteiger partial charge in [-0.2, -0.15) is 0 Å². The van der Waals surface area contributed by atoms with E-state index in [2.05, 4.69) is 19.1 Å². The summed E-state index contributed by atoms with van der Waals surface area (Å²) in [6.07, 6.45) is 5.98. The van der Waals surface area contributed by atoms with Crippen LogP contribution in [0.15, 0.2) is 53.4 Å². The zero-order valence-corrected chi connectivity index (χ0v) is 16.1. The zero-order chi connectivity index (χ0) is 18.5. The van der Waals surface area contributed by atoms with Crippen molar-refractivity contribution in [1.29, 1.82) is 0 Å². The van der Waals surface area contributed by atoms with Crippen molar-refractivity contribution in [2.45, 2.75) is 26.2 Å². The van der Waals surface area contributed by atoms with Gasteiger partial charge in [-0.15, -0.1) is 0 Å². The molecule has 2 aromatic rings. The molecule has 0 N–H and O–H groups in total. The molecular weight excluding hydrogens is 362 g/mol. The Bertz CT molecular complexity index is 855. The number of thioether (sulfide) groups is 1. The van der Waals surface area contributed by atoms with Crippen molar-refractivity contribution in [3.05, 3.63) is 70.1 Å². The maximum atomic E-state index is 12.8. The maximum Gasteiger partial charge on any atom is 0.270 e. The summed E-state index contributed by atoms with van der Waals surface area (Å²) in [5, 5.41) is 0. The summed E-state index contributed by atoms with van der Waals surface area (Å²) in [5.41, 5.74) is 3.54. The smallest absolute Gasteiger partial charge is 0.270 e.